The Morgan fingerprint density at radius 3 is 2.70 bits per heavy atom. The molecule has 3 atom stereocenters. The van der Waals surface area contributed by atoms with E-state index in [1.54, 1.807) is 7.11 Å². The SMILES string of the molecule is CNC1C(C)N(C)CCC1(C)c1cc(OC)ccc1C. The van der Waals surface area contributed by atoms with Gasteiger partial charge in [-0.3, -0.25) is 0 Å². The number of benzene rings is 1. The van der Waals surface area contributed by atoms with E-state index >= 15 is 0 Å². The predicted octanol–water partition coefficient (Wildman–Crippen LogP) is 2.57. The molecular formula is C17H28N2O. The van der Waals surface area contributed by atoms with Crippen LogP contribution in [0.25, 0.3) is 0 Å². The van der Waals surface area contributed by atoms with Crippen molar-refractivity contribution >= 4 is 0 Å². The highest BCUT2D eigenvalue weighted by Crippen LogP contribution is 2.40. The van der Waals surface area contributed by atoms with Crippen LogP contribution in [0.5, 0.6) is 5.75 Å². The first kappa shape index (κ1) is 15.3. The van der Waals surface area contributed by atoms with Crippen molar-refractivity contribution < 1.29 is 4.74 Å². The number of ether oxygens (including phenoxy) is 1. The Bertz CT molecular complexity index is 474. The third-order valence-electron chi connectivity index (χ3n) is 5.22. The molecule has 0 aromatic heterocycles. The molecular weight excluding hydrogens is 248 g/mol. The van der Waals surface area contributed by atoms with Crippen molar-refractivity contribution in [2.75, 3.05) is 27.7 Å². The first-order valence-electron chi connectivity index (χ1n) is 7.46. The van der Waals surface area contributed by atoms with E-state index in [0.29, 0.717) is 12.1 Å². The molecule has 1 fully saturated rings. The number of hydrogen-bond acceptors (Lipinski definition) is 3. The Balaban J connectivity index is 2.47. The molecule has 1 N–H and O–H groups in total. The van der Waals surface area contributed by atoms with Crippen molar-refractivity contribution in [3.8, 4) is 5.75 Å². The molecule has 0 bridgehead atoms. The maximum absolute atomic E-state index is 5.43. The molecule has 1 aromatic rings. The van der Waals surface area contributed by atoms with E-state index in [-0.39, 0.29) is 5.41 Å². The van der Waals surface area contributed by atoms with Crippen LogP contribution in [0.15, 0.2) is 18.2 Å². The molecule has 1 aromatic carbocycles. The second-order valence-electron chi connectivity index (χ2n) is 6.34. The summed E-state index contributed by atoms with van der Waals surface area (Å²) in [6, 6.07) is 7.40. The summed E-state index contributed by atoms with van der Waals surface area (Å²) in [5, 5.41) is 3.56. The van der Waals surface area contributed by atoms with Gasteiger partial charge in [0.05, 0.1) is 7.11 Å². The lowest BCUT2D eigenvalue weighted by atomic mass is 9.67. The third-order valence-corrected chi connectivity index (χ3v) is 5.22. The fraction of sp³-hybridized carbons (Fsp3) is 0.647. The Kier molecular flexibility index (Phi) is 4.40. The van der Waals surface area contributed by atoms with Gasteiger partial charge in [0, 0.05) is 17.5 Å². The minimum absolute atomic E-state index is 0.138. The largest absolute Gasteiger partial charge is 0.497 e. The van der Waals surface area contributed by atoms with Crippen LogP contribution in [0, 0.1) is 6.92 Å². The van der Waals surface area contributed by atoms with E-state index in [2.05, 4.69) is 63.3 Å². The van der Waals surface area contributed by atoms with Crippen molar-refractivity contribution in [1.29, 1.82) is 0 Å². The molecule has 20 heavy (non-hydrogen) atoms. The lowest BCUT2D eigenvalue weighted by molar-refractivity contribution is 0.0930. The van der Waals surface area contributed by atoms with Gasteiger partial charge in [-0.15, -0.1) is 0 Å². The minimum atomic E-state index is 0.138. The average Bonchev–Trinajstić information content (AvgIpc) is 2.44. The van der Waals surface area contributed by atoms with Gasteiger partial charge in [-0.2, -0.15) is 0 Å². The van der Waals surface area contributed by atoms with Crippen LogP contribution in [0.3, 0.4) is 0 Å². The molecule has 0 saturated carbocycles. The maximum Gasteiger partial charge on any atom is 0.119 e. The maximum atomic E-state index is 5.43. The first-order chi connectivity index (χ1) is 9.43. The summed E-state index contributed by atoms with van der Waals surface area (Å²) < 4.78 is 5.43. The molecule has 0 spiro atoms. The quantitative estimate of drug-likeness (QED) is 0.918. The van der Waals surface area contributed by atoms with Crippen molar-refractivity contribution in [1.82, 2.24) is 10.2 Å². The summed E-state index contributed by atoms with van der Waals surface area (Å²) in [6.45, 7) is 8.04. The minimum Gasteiger partial charge on any atom is -0.497 e. The molecule has 2 rings (SSSR count). The standard InChI is InChI=1S/C17H28N2O/c1-12-7-8-14(20-6)11-15(12)17(3)9-10-19(5)13(2)16(17)18-4/h7-8,11,13,16,18H,9-10H2,1-6H3. The van der Waals surface area contributed by atoms with Gasteiger partial charge < -0.3 is 15.0 Å². The summed E-state index contributed by atoms with van der Waals surface area (Å²) >= 11 is 0. The molecule has 3 nitrogen and oxygen atoms in total. The number of hydrogen-bond donors (Lipinski definition) is 1. The molecule has 3 unspecified atom stereocenters. The van der Waals surface area contributed by atoms with E-state index < -0.39 is 0 Å². The van der Waals surface area contributed by atoms with Crippen LogP contribution in [0.4, 0.5) is 0 Å². The lowest BCUT2D eigenvalue weighted by Gasteiger charge is -2.50. The van der Waals surface area contributed by atoms with Gasteiger partial charge in [0.2, 0.25) is 0 Å². The average molecular weight is 276 g/mol. The van der Waals surface area contributed by atoms with Crippen LogP contribution in [0.2, 0.25) is 0 Å². The smallest absolute Gasteiger partial charge is 0.119 e. The summed E-state index contributed by atoms with van der Waals surface area (Å²) in [4.78, 5) is 2.44. The molecule has 0 radical (unpaired) electrons. The summed E-state index contributed by atoms with van der Waals surface area (Å²) in [6.07, 6.45) is 1.16. The summed E-state index contributed by atoms with van der Waals surface area (Å²) in [5.41, 5.74) is 2.90. The normalized spacial score (nSPS) is 31.3. The van der Waals surface area contributed by atoms with Gasteiger partial charge in [-0.25, -0.2) is 0 Å². The van der Waals surface area contributed by atoms with Crippen LogP contribution in [-0.4, -0.2) is 44.7 Å². The number of piperidine rings is 1. The number of rotatable bonds is 3. The molecule has 112 valence electrons. The van der Waals surface area contributed by atoms with E-state index in [1.807, 2.05) is 0 Å². The second-order valence-corrected chi connectivity index (χ2v) is 6.34. The fourth-order valence-electron chi connectivity index (χ4n) is 3.76. The summed E-state index contributed by atoms with van der Waals surface area (Å²) in [5.74, 6) is 0.952. The predicted molar refractivity (Wildman–Crippen MR) is 84.6 cm³/mol. The Labute approximate surface area is 123 Å². The Morgan fingerprint density at radius 2 is 2.10 bits per heavy atom. The van der Waals surface area contributed by atoms with Gasteiger partial charge >= 0.3 is 0 Å². The first-order valence-corrected chi connectivity index (χ1v) is 7.46. The van der Waals surface area contributed by atoms with Crippen molar-refractivity contribution in [2.24, 2.45) is 0 Å². The van der Waals surface area contributed by atoms with E-state index in [1.165, 1.54) is 11.1 Å². The van der Waals surface area contributed by atoms with Gasteiger partial charge in [0.15, 0.2) is 0 Å². The Hall–Kier alpha value is -1.06. The topological polar surface area (TPSA) is 24.5 Å². The number of aryl methyl sites for hydroxylation is 1. The van der Waals surface area contributed by atoms with Gasteiger partial charge in [-0.1, -0.05) is 13.0 Å². The number of nitrogens with zero attached hydrogens (tertiary/aromatic N) is 1. The summed E-state index contributed by atoms with van der Waals surface area (Å²) in [7, 11) is 6.03. The highest BCUT2D eigenvalue weighted by atomic mass is 16.5. The van der Waals surface area contributed by atoms with E-state index in [9.17, 15) is 0 Å². The van der Waals surface area contributed by atoms with Crippen molar-refractivity contribution in [3.05, 3.63) is 29.3 Å². The number of likely N-dealkylation sites (N-methyl/N-ethyl adjacent to an activating group) is 2. The van der Waals surface area contributed by atoms with Crippen LogP contribution < -0.4 is 10.1 Å². The zero-order valence-electron chi connectivity index (χ0n) is 13.7. The van der Waals surface area contributed by atoms with Crippen molar-refractivity contribution in [3.63, 3.8) is 0 Å². The molecule has 3 heteroatoms. The molecule has 1 heterocycles. The van der Waals surface area contributed by atoms with Crippen molar-refractivity contribution in [2.45, 2.75) is 44.7 Å². The fourth-order valence-corrected chi connectivity index (χ4v) is 3.76. The monoisotopic (exact) mass is 276 g/mol. The molecule has 0 aliphatic carbocycles. The zero-order valence-corrected chi connectivity index (χ0v) is 13.7. The highest BCUT2D eigenvalue weighted by Gasteiger charge is 2.43. The van der Waals surface area contributed by atoms with Gasteiger partial charge in [0.25, 0.3) is 0 Å². The third kappa shape index (κ3) is 2.45. The second kappa shape index (κ2) is 5.74. The van der Waals surface area contributed by atoms with Gasteiger partial charge in [-0.05, 0) is 64.2 Å². The zero-order chi connectivity index (χ0) is 14.9. The molecule has 1 aliphatic rings. The Morgan fingerprint density at radius 1 is 1.40 bits per heavy atom. The highest BCUT2D eigenvalue weighted by molar-refractivity contribution is 5.41. The molecule has 1 saturated heterocycles. The van der Waals surface area contributed by atoms with Crippen LogP contribution in [-0.2, 0) is 5.41 Å². The number of nitrogens with one attached hydrogen (secondary N) is 1. The number of methoxy groups -OCH3 is 1. The van der Waals surface area contributed by atoms with Crippen LogP contribution in [0.1, 0.15) is 31.4 Å². The van der Waals surface area contributed by atoms with Crippen LogP contribution >= 0.6 is 0 Å². The van der Waals surface area contributed by atoms with Gasteiger partial charge in [0.1, 0.15) is 5.75 Å². The van der Waals surface area contributed by atoms with E-state index in [4.69, 9.17) is 4.74 Å². The molecule has 0 amide bonds. The van der Waals surface area contributed by atoms with E-state index in [0.717, 1.165) is 18.7 Å². The molecule has 1 aliphatic heterocycles. The number of likely N-dealkylation sites (tertiary alicyclic amines) is 1. The lowest BCUT2D eigenvalue weighted by Crippen LogP contribution is -2.61.